The van der Waals surface area contributed by atoms with Crippen molar-refractivity contribution in [1.29, 1.82) is 0 Å². The number of ketones is 1. The van der Waals surface area contributed by atoms with E-state index in [0.717, 1.165) is 31.4 Å². The molecule has 2 heteroatoms. The van der Waals surface area contributed by atoms with Gasteiger partial charge in [-0.05, 0) is 36.3 Å². The maximum atomic E-state index is 11.8. The van der Waals surface area contributed by atoms with Crippen LogP contribution in [0.3, 0.4) is 0 Å². The van der Waals surface area contributed by atoms with E-state index in [1.807, 2.05) is 6.07 Å². The predicted octanol–water partition coefficient (Wildman–Crippen LogP) is 2.68. The Balaban J connectivity index is 2.15. The molecular weight excluding hydrogens is 176 g/mol. The number of hydrogen-bond acceptors (Lipinski definition) is 2. The van der Waals surface area contributed by atoms with E-state index in [4.69, 9.17) is 4.42 Å². The summed E-state index contributed by atoms with van der Waals surface area (Å²) in [5.74, 6) is 1.39. The first-order chi connectivity index (χ1) is 6.71. The molecule has 0 aliphatic heterocycles. The van der Waals surface area contributed by atoms with E-state index in [-0.39, 0.29) is 11.3 Å². The Morgan fingerprint density at radius 1 is 1.43 bits per heavy atom. The molecule has 1 aromatic rings. The number of aryl methyl sites for hydroxylation is 1. The number of fused-ring (bicyclic) bond motifs is 3. The van der Waals surface area contributed by atoms with Crippen molar-refractivity contribution in [3.8, 4) is 0 Å². The Hall–Kier alpha value is -1.05. The highest BCUT2D eigenvalue weighted by atomic mass is 16.3. The molecule has 0 amide bonds. The molecule has 0 aromatic carbocycles. The molecule has 1 saturated carbocycles. The maximum Gasteiger partial charge on any atom is 0.144 e. The fourth-order valence-electron chi connectivity index (χ4n) is 3.05. The summed E-state index contributed by atoms with van der Waals surface area (Å²) in [4.78, 5) is 11.8. The summed E-state index contributed by atoms with van der Waals surface area (Å²) < 4.78 is 5.48. The van der Waals surface area contributed by atoms with Gasteiger partial charge in [0.15, 0.2) is 0 Å². The van der Waals surface area contributed by atoms with Crippen molar-refractivity contribution in [3.05, 3.63) is 23.7 Å². The van der Waals surface area contributed by atoms with Gasteiger partial charge in [0, 0.05) is 6.42 Å². The Kier molecular flexibility index (Phi) is 1.48. The van der Waals surface area contributed by atoms with Crippen LogP contribution in [0, 0.1) is 5.41 Å². The first kappa shape index (κ1) is 8.27. The molecule has 1 heterocycles. The SMILES string of the molecule is C[C@]12CCC(=O)[C@H]1c1occc1CC2. The van der Waals surface area contributed by atoms with Gasteiger partial charge in [-0.3, -0.25) is 4.79 Å². The van der Waals surface area contributed by atoms with Crippen LogP contribution >= 0.6 is 0 Å². The molecule has 0 saturated heterocycles. The second-order valence-corrected chi connectivity index (χ2v) is 4.86. The van der Waals surface area contributed by atoms with Crippen molar-refractivity contribution in [2.75, 3.05) is 0 Å². The van der Waals surface area contributed by atoms with Crippen LogP contribution in [0.2, 0.25) is 0 Å². The van der Waals surface area contributed by atoms with Crippen LogP contribution in [-0.2, 0) is 11.2 Å². The largest absolute Gasteiger partial charge is 0.468 e. The minimum absolute atomic E-state index is 0.0567. The zero-order chi connectivity index (χ0) is 9.76. The van der Waals surface area contributed by atoms with Gasteiger partial charge in [-0.2, -0.15) is 0 Å². The maximum absolute atomic E-state index is 11.8. The number of carbonyl (C=O) groups is 1. The summed E-state index contributed by atoms with van der Waals surface area (Å²) >= 11 is 0. The highest BCUT2D eigenvalue weighted by Gasteiger charge is 2.49. The third kappa shape index (κ3) is 0.887. The van der Waals surface area contributed by atoms with Crippen LogP contribution in [0.4, 0.5) is 0 Å². The number of hydrogen-bond donors (Lipinski definition) is 0. The van der Waals surface area contributed by atoms with Gasteiger partial charge in [0.2, 0.25) is 0 Å². The van der Waals surface area contributed by atoms with E-state index < -0.39 is 0 Å². The molecule has 1 aromatic heterocycles. The van der Waals surface area contributed by atoms with E-state index >= 15 is 0 Å². The molecule has 2 atom stereocenters. The zero-order valence-corrected chi connectivity index (χ0v) is 8.38. The number of Topliss-reactive ketones (excluding diaryl/α,β-unsaturated/α-hetero) is 1. The van der Waals surface area contributed by atoms with Gasteiger partial charge in [-0.25, -0.2) is 0 Å². The molecule has 0 radical (unpaired) electrons. The zero-order valence-electron chi connectivity index (χ0n) is 8.38. The summed E-state index contributed by atoms with van der Waals surface area (Å²) in [6.07, 6.45) is 5.71. The van der Waals surface area contributed by atoms with Crippen LogP contribution in [0.1, 0.15) is 43.4 Å². The van der Waals surface area contributed by atoms with Crippen molar-refractivity contribution < 1.29 is 9.21 Å². The molecule has 0 unspecified atom stereocenters. The summed E-state index contributed by atoms with van der Waals surface area (Å²) in [7, 11) is 0. The smallest absolute Gasteiger partial charge is 0.144 e. The molecule has 74 valence electrons. The van der Waals surface area contributed by atoms with Gasteiger partial charge in [0.1, 0.15) is 11.5 Å². The first-order valence-electron chi connectivity index (χ1n) is 5.30. The van der Waals surface area contributed by atoms with Gasteiger partial charge in [0.05, 0.1) is 12.2 Å². The minimum atomic E-state index is 0.0567. The van der Waals surface area contributed by atoms with E-state index in [1.54, 1.807) is 6.26 Å². The third-order valence-corrected chi connectivity index (χ3v) is 3.97. The summed E-state index contributed by atoms with van der Waals surface area (Å²) in [5.41, 5.74) is 1.44. The Labute approximate surface area is 83.3 Å². The van der Waals surface area contributed by atoms with Crippen molar-refractivity contribution in [2.45, 2.75) is 38.5 Å². The third-order valence-electron chi connectivity index (χ3n) is 3.97. The number of carbonyl (C=O) groups excluding carboxylic acids is 1. The second-order valence-electron chi connectivity index (χ2n) is 4.86. The fourth-order valence-corrected chi connectivity index (χ4v) is 3.05. The molecule has 0 N–H and O–H groups in total. The molecule has 2 nitrogen and oxygen atoms in total. The number of furan rings is 1. The van der Waals surface area contributed by atoms with Crippen molar-refractivity contribution in [3.63, 3.8) is 0 Å². The topological polar surface area (TPSA) is 30.2 Å². The van der Waals surface area contributed by atoms with E-state index in [0.29, 0.717) is 5.78 Å². The normalized spacial score (nSPS) is 35.5. The molecular formula is C12H14O2. The van der Waals surface area contributed by atoms with Crippen LogP contribution in [-0.4, -0.2) is 5.78 Å². The lowest BCUT2D eigenvalue weighted by atomic mass is 9.69. The Morgan fingerprint density at radius 2 is 2.21 bits per heavy atom. The Bertz CT molecular complexity index is 391. The highest BCUT2D eigenvalue weighted by molar-refractivity contribution is 5.89. The summed E-state index contributed by atoms with van der Waals surface area (Å²) in [5, 5.41) is 0. The quantitative estimate of drug-likeness (QED) is 0.629. The molecule has 1 fully saturated rings. The molecule has 0 bridgehead atoms. The van der Waals surface area contributed by atoms with E-state index in [1.165, 1.54) is 5.56 Å². The first-order valence-corrected chi connectivity index (χ1v) is 5.30. The molecule has 2 aliphatic rings. The highest BCUT2D eigenvalue weighted by Crippen LogP contribution is 2.53. The molecule has 14 heavy (non-hydrogen) atoms. The van der Waals surface area contributed by atoms with Crippen LogP contribution in [0.5, 0.6) is 0 Å². The lowest BCUT2D eigenvalue weighted by Crippen LogP contribution is -2.28. The van der Waals surface area contributed by atoms with Gasteiger partial charge in [0.25, 0.3) is 0 Å². The average Bonchev–Trinajstić information content (AvgIpc) is 2.70. The summed E-state index contributed by atoms with van der Waals surface area (Å²) in [6.45, 7) is 2.23. The van der Waals surface area contributed by atoms with Crippen molar-refractivity contribution >= 4 is 5.78 Å². The van der Waals surface area contributed by atoms with Gasteiger partial charge in [-0.1, -0.05) is 6.92 Å². The van der Waals surface area contributed by atoms with E-state index in [2.05, 4.69) is 6.92 Å². The van der Waals surface area contributed by atoms with Crippen molar-refractivity contribution in [1.82, 2.24) is 0 Å². The van der Waals surface area contributed by atoms with Crippen LogP contribution in [0.15, 0.2) is 16.7 Å². The predicted molar refractivity (Wildman–Crippen MR) is 52.1 cm³/mol. The monoisotopic (exact) mass is 190 g/mol. The second kappa shape index (κ2) is 2.50. The van der Waals surface area contributed by atoms with Crippen LogP contribution in [0.25, 0.3) is 0 Å². The van der Waals surface area contributed by atoms with Gasteiger partial charge >= 0.3 is 0 Å². The Morgan fingerprint density at radius 3 is 3.07 bits per heavy atom. The summed E-state index contributed by atoms with van der Waals surface area (Å²) in [6, 6.07) is 2.01. The van der Waals surface area contributed by atoms with E-state index in [9.17, 15) is 4.79 Å². The van der Waals surface area contributed by atoms with Crippen molar-refractivity contribution in [2.24, 2.45) is 5.41 Å². The molecule has 2 aliphatic carbocycles. The average molecular weight is 190 g/mol. The standard InChI is InChI=1S/C12H14O2/c1-12-5-2-8-4-7-14-11(8)10(12)9(13)3-6-12/h4,7,10H,2-3,5-6H2,1H3/t10-,12-/m0/s1. The molecule has 0 spiro atoms. The number of rotatable bonds is 0. The van der Waals surface area contributed by atoms with Crippen LogP contribution < -0.4 is 0 Å². The molecule has 3 rings (SSSR count). The minimum Gasteiger partial charge on any atom is -0.468 e. The van der Waals surface area contributed by atoms with Gasteiger partial charge in [-0.15, -0.1) is 0 Å². The lowest BCUT2D eigenvalue weighted by Gasteiger charge is -2.33. The van der Waals surface area contributed by atoms with Gasteiger partial charge < -0.3 is 4.42 Å². The fraction of sp³-hybridized carbons (Fsp3) is 0.583. The lowest BCUT2D eigenvalue weighted by molar-refractivity contribution is -0.120.